The smallest absolute Gasteiger partial charge is 0.0597 e. The van der Waals surface area contributed by atoms with Crippen molar-refractivity contribution in [2.75, 3.05) is 0 Å². The van der Waals surface area contributed by atoms with Crippen LogP contribution in [0.5, 0.6) is 0 Å². The Morgan fingerprint density at radius 2 is 1.96 bits per heavy atom. The molecule has 0 bridgehead atoms. The number of hydrogen-bond donors (Lipinski definition) is 1. The van der Waals surface area contributed by atoms with Crippen molar-refractivity contribution in [3.05, 3.63) is 34.9 Å². The molecule has 0 amide bonds. The Bertz CT molecular complexity index is 593. The highest BCUT2D eigenvalue weighted by molar-refractivity contribution is 5.48. The Morgan fingerprint density at radius 3 is 2.70 bits per heavy atom. The van der Waals surface area contributed by atoms with E-state index in [2.05, 4.69) is 33.4 Å². The highest BCUT2D eigenvalue weighted by Crippen LogP contribution is 2.62. The van der Waals surface area contributed by atoms with E-state index in [4.69, 9.17) is 0 Å². The maximum atomic E-state index is 10.7. The molecule has 1 N–H and O–H groups in total. The second kappa shape index (κ2) is 5.34. The average Bonchev–Trinajstić information content (AvgIpc) is 2.81. The minimum atomic E-state index is -0.0802. The van der Waals surface area contributed by atoms with Crippen LogP contribution in [0.1, 0.15) is 65.7 Å². The van der Waals surface area contributed by atoms with E-state index in [9.17, 15) is 5.11 Å². The molecule has 4 aliphatic rings. The van der Waals surface area contributed by atoms with Gasteiger partial charge in [-0.1, -0.05) is 44.6 Å². The van der Waals surface area contributed by atoms with E-state index < -0.39 is 0 Å². The van der Waals surface area contributed by atoms with Gasteiger partial charge in [0.1, 0.15) is 0 Å². The van der Waals surface area contributed by atoms with Crippen LogP contribution in [0.15, 0.2) is 34.9 Å². The van der Waals surface area contributed by atoms with Crippen molar-refractivity contribution in [3.8, 4) is 0 Å². The summed E-state index contributed by atoms with van der Waals surface area (Å²) in [5.74, 6) is 2.78. The van der Waals surface area contributed by atoms with Gasteiger partial charge in [-0.2, -0.15) is 0 Å². The first-order valence-corrected chi connectivity index (χ1v) is 9.71. The molecule has 4 aliphatic carbocycles. The van der Waals surface area contributed by atoms with Gasteiger partial charge >= 0.3 is 0 Å². The Labute approximate surface area is 141 Å². The minimum absolute atomic E-state index is 0.0802. The van der Waals surface area contributed by atoms with E-state index in [1.165, 1.54) is 37.7 Å². The maximum Gasteiger partial charge on any atom is 0.0597 e. The molecule has 126 valence electrons. The number of aliphatic hydroxyl groups is 1. The molecule has 0 radical (unpaired) electrons. The zero-order chi connectivity index (χ0) is 16.4. The van der Waals surface area contributed by atoms with Gasteiger partial charge in [0.15, 0.2) is 0 Å². The Kier molecular flexibility index (Phi) is 3.65. The Balaban J connectivity index is 1.83. The van der Waals surface area contributed by atoms with Crippen molar-refractivity contribution < 1.29 is 5.11 Å². The molecule has 0 aromatic heterocycles. The van der Waals surface area contributed by atoms with Gasteiger partial charge in [0.2, 0.25) is 0 Å². The maximum absolute atomic E-state index is 10.7. The molecule has 1 nitrogen and oxygen atoms in total. The number of rotatable bonds is 1. The van der Waals surface area contributed by atoms with Crippen LogP contribution in [0.4, 0.5) is 0 Å². The lowest BCUT2D eigenvalue weighted by Crippen LogP contribution is -2.46. The molecule has 5 atom stereocenters. The second-order valence-electron chi connectivity index (χ2n) is 9.17. The molecule has 0 spiro atoms. The van der Waals surface area contributed by atoms with Crippen LogP contribution in [0.3, 0.4) is 0 Å². The summed E-state index contributed by atoms with van der Waals surface area (Å²) < 4.78 is 0. The van der Waals surface area contributed by atoms with Crippen molar-refractivity contribution >= 4 is 0 Å². The molecule has 23 heavy (non-hydrogen) atoms. The summed E-state index contributed by atoms with van der Waals surface area (Å²) in [5.41, 5.74) is 6.59. The van der Waals surface area contributed by atoms with Gasteiger partial charge in [0, 0.05) is 0 Å². The lowest BCUT2D eigenvalue weighted by Gasteiger charge is -2.53. The van der Waals surface area contributed by atoms with Gasteiger partial charge < -0.3 is 5.11 Å². The van der Waals surface area contributed by atoms with E-state index in [1.807, 2.05) is 5.57 Å². The molecule has 2 fully saturated rings. The van der Waals surface area contributed by atoms with Crippen molar-refractivity contribution in [2.45, 2.75) is 71.8 Å². The molecule has 0 unspecified atom stereocenters. The van der Waals surface area contributed by atoms with E-state index >= 15 is 0 Å². The summed E-state index contributed by atoms with van der Waals surface area (Å²) >= 11 is 0. The van der Waals surface area contributed by atoms with Crippen LogP contribution < -0.4 is 0 Å². The van der Waals surface area contributed by atoms with Crippen LogP contribution in [0.2, 0.25) is 0 Å². The van der Waals surface area contributed by atoms with Crippen molar-refractivity contribution in [3.63, 3.8) is 0 Å². The third-order valence-corrected chi connectivity index (χ3v) is 7.64. The van der Waals surface area contributed by atoms with Crippen LogP contribution in [-0.4, -0.2) is 11.2 Å². The molecule has 0 aliphatic heterocycles. The number of fused-ring (bicyclic) bond motifs is 4. The minimum Gasteiger partial charge on any atom is -0.393 e. The van der Waals surface area contributed by atoms with Gasteiger partial charge in [0.05, 0.1) is 6.10 Å². The van der Waals surface area contributed by atoms with E-state index in [1.54, 1.807) is 11.1 Å². The van der Waals surface area contributed by atoms with Gasteiger partial charge in [-0.3, -0.25) is 0 Å². The Morgan fingerprint density at radius 1 is 1.17 bits per heavy atom. The fourth-order valence-corrected chi connectivity index (χ4v) is 6.38. The van der Waals surface area contributed by atoms with Gasteiger partial charge in [-0.25, -0.2) is 0 Å². The van der Waals surface area contributed by atoms with Crippen LogP contribution in [0, 0.1) is 29.1 Å². The fourth-order valence-electron chi connectivity index (χ4n) is 6.38. The second-order valence-corrected chi connectivity index (χ2v) is 9.17. The molecule has 0 aromatic carbocycles. The quantitative estimate of drug-likeness (QED) is 0.685. The van der Waals surface area contributed by atoms with Crippen LogP contribution in [-0.2, 0) is 0 Å². The molecular formula is C22H32O. The zero-order valence-corrected chi connectivity index (χ0v) is 15.1. The number of allylic oxidation sites excluding steroid dienone is 5. The lowest BCUT2D eigenvalue weighted by molar-refractivity contribution is -0.0197. The highest BCUT2D eigenvalue weighted by Gasteiger charge is 2.56. The summed E-state index contributed by atoms with van der Waals surface area (Å²) in [6.45, 7) is 11.4. The summed E-state index contributed by atoms with van der Waals surface area (Å²) in [7, 11) is 0. The fraction of sp³-hybridized carbons (Fsp3) is 0.727. The summed E-state index contributed by atoms with van der Waals surface area (Å²) in [4.78, 5) is 0. The van der Waals surface area contributed by atoms with Gasteiger partial charge in [-0.05, 0) is 85.2 Å². The van der Waals surface area contributed by atoms with Crippen LogP contribution in [0.25, 0.3) is 0 Å². The third-order valence-electron chi connectivity index (χ3n) is 7.64. The van der Waals surface area contributed by atoms with E-state index in [0.29, 0.717) is 17.8 Å². The van der Waals surface area contributed by atoms with E-state index in [0.717, 1.165) is 18.8 Å². The van der Waals surface area contributed by atoms with Gasteiger partial charge in [-0.15, -0.1) is 0 Å². The summed E-state index contributed by atoms with van der Waals surface area (Å²) in [5, 5.41) is 10.7. The van der Waals surface area contributed by atoms with Crippen molar-refractivity contribution in [2.24, 2.45) is 29.1 Å². The summed E-state index contributed by atoms with van der Waals surface area (Å²) in [6, 6.07) is 0. The monoisotopic (exact) mass is 312 g/mol. The van der Waals surface area contributed by atoms with E-state index in [-0.39, 0.29) is 11.5 Å². The van der Waals surface area contributed by atoms with Crippen LogP contribution >= 0.6 is 0 Å². The molecule has 0 aromatic rings. The molecule has 2 saturated carbocycles. The molecule has 0 heterocycles. The van der Waals surface area contributed by atoms with Gasteiger partial charge in [0.25, 0.3) is 0 Å². The van der Waals surface area contributed by atoms with Crippen molar-refractivity contribution in [1.82, 2.24) is 0 Å². The molecule has 0 saturated heterocycles. The molecular weight excluding hydrogens is 280 g/mol. The first-order valence-electron chi connectivity index (χ1n) is 9.71. The SMILES string of the molecule is C=C1C=C2CC[C@@H]3C(=C2CC1)[C@@H](C(C)C)C[C@]1(C)[C@@H](O)CC[C@@H]31. The largest absolute Gasteiger partial charge is 0.393 e. The third kappa shape index (κ3) is 2.22. The Hall–Kier alpha value is -0.820. The number of hydrogen-bond acceptors (Lipinski definition) is 1. The molecule has 4 rings (SSSR count). The first kappa shape index (κ1) is 15.7. The highest BCUT2D eigenvalue weighted by atomic mass is 16.3. The van der Waals surface area contributed by atoms with Crippen molar-refractivity contribution in [1.29, 1.82) is 0 Å². The topological polar surface area (TPSA) is 20.2 Å². The molecule has 1 heteroatoms. The first-order chi connectivity index (χ1) is 10.9. The lowest BCUT2D eigenvalue weighted by atomic mass is 9.52. The zero-order valence-electron chi connectivity index (χ0n) is 15.1. The predicted molar refractivity (Wildman–Crippen MR) is 96.0 cm³/mol. The number of aliphatic hydroxyl groups excluding tert-OH is 1. The predicted octanol–water partition coefficient (Wildman–Crippen LogP) is 5.42. The standard InChI is InChI=1S/C22H32O/c1-13(2)18-12-22(4)19(9-10-20(22)23)17-8-6-15-11-14(3)5-7-16(15)21(17)18/h11,13,17-20,23H,3,5-10,12H2,1-2,4H3/t17-,18+,19-,20-,22-/m0/s1. The normalized spacial score (nSPS) is 43.2. The average molecular weight is 312 g/mol. The summed E-state index contributed by atoms with van der Waals surface area (Å²) in [6.07, 6.45) is 10.6.